The Kier molecular flexibility index (Phi) is 4.10. The molecule has 0 unspecified atom stereocenters. The molecule has 0 fully saturated rings. The maximum Gasteiger partial charge on any atom is 0.260 e. The topological polar surface area (TPSA) is 34.1 Å². The molecule has 9 heavy (non-hydrogen) atoms. The highest BCUT2D eigenvalue weighted by Gasteiger charge is 1.82. The quantitative estimate of drug-likeness (QED) is 0.545. The smallest absolute Gasteiger partial charge is 0.176 e. The van der Waals surface area contributed by atoms with E-state index in [9.17, 15) is 8.42 Å². The Balaban J connectivity index is 4.36. The van der Waals surface area contributed by atoms with Crippen molar-refractivity contribution in [3.63, 3.8) is 0 Å². The predicted molar refractivity (Wildman–Crippen MR) is 38.0 cm³/mol. The fourth-order valence-electron chi connectivity index (χ4n) is 0.568. The van der Waals surface area contributed by atoms with E-state index in [1.165, 1.54) is 0 Å². The van der Waals surface area contributed by atoms with Crippen LogP contribution in [0.15, 0.2) is 5.57 Å². The van der Waals surface area contributed by atoms with E-state index in [2.05, 4.69) is 5.02 Å². The monoisotopic (exact) mass is 146 g/mol. The first-order valence-electron chi connectivity index (χ1n) is 2.85. The average Bonchev–Trinajstić information content (AvgIpc) is 1.63. The van der Waals surface area contributed by atoms with E-state index >= 15 is 0 Å². The van der Waals surface area contributed by atoms with Crippen LogP contribution < -0.4 is 0 Å². The molecule has 2 nitrogen and oxygen atoms in total. The van der Waals surface area contributed by atoms with Gasteiger partial charge in [-0.05, 0) is 18.9 Å². The van der Waals surface area contributed by atoms with Crippen LogP contribution >= 0.6 is 0 Å². The number of allylic oxidation sites excluding steroid dienone is 1. The maximum atomic E-state index is 9.95. The molecule has 0 amide bonds. The van der Waals surface area contributed by atoms with Gasteiger partial charge in [-0.3, -0.25) is 0 Å². The molecule has 0 radical (unpaired) electrons. The molecule has 0 bridgehead atoms. The lowest BCUT2D eigenvalue weighted by Gasteiger charge is -1.86. The molecule has 0 aromatic carbocycles. The first kappa shape index (κ1) is 8.47. The van der Waals surface area contributed by atoms with Crippen LogP contribution in [0.25, 0.3) is 0 Å². The summed E-state index contributed by atoms with van der Waals surface area (Å²) in [6.07, 6.45) is 1.78. The van der Waals surface area contributed by atoms with Crippen LogP contribution in [0, 0.1) is 0 Å². The van der Waals surface area contributed by atoms with Gasteiger partial charge in [-0.2, -0.15) is 8.42 Å². The van der Waals surface area contributed by atoms with Gasteiger partial charge in [0.2, 0.25) is 0 Å². The third-order valence-electron chi connectivity index (χ3n) is 0.883. The lowest BCUT2D eigenvalue weighted by atomic mass is 10.2. The van der Waals surface area contributed by atoms with E-state index in [1.807, 2.05) is 6.92 Å². The van der Waals surface area contributed by atoms with Crippen LogP contribution in [0.1, 0.15) is 26.7 Å². The molecule has 0 aromatic heterocycles. The van der Waals surface area contributed by atoms with Gasteiger partial charge < -0.3 is 0 Å². The van der Waals surface area contributed by atoms with Crippen LogP contribution in [0.2, 0.25) is 0 Å². The van der Waals surface area contributed by atoms with Gasteiger partial charge in [0.05, 0.1) is 0 Å². The maximum absolute atomic E-state index is 9.95. The summed E-state index contributed by atoms with van der Waals surface area (Å²) in [4.78, 5) is 0. The van der Waals surface area contributed by atoms with Crippen molar-refractivity contribution in [1.82, 2.24) is 0 Å². The standard InChI is InChI=1S/C6H10O2S/c1-3-4-6(2)5-9(7)8/h3-4H2,1-2H3. The molecule has 0 N–H and O–H groups in total. The second-order valence-electron chi connectivity index (χ2n) is 1.87. The van der Waals surface area contributed by atoms with E-state index in [4.69, 9.17) is 0 Å². The zero-order valence-corrected chi connectivity index (χ0v) is 6.46. The third kappa shape index (κ3) is 5.34. The highest BCUT2D eigenvalue weighted by atomic mass is 32.2. The summed E-state index contributed by atoms with van der Waals surface area (Å²) in [5, 5.41) is 2.28. The Labute approximate surface area is 56.7 Å². The minimum Gasteiger partial charge on any atom is -0.176 e. The zero-order chi connectivity index (χ0) is 7.28. The molecule has 52 valence electrons. The molecular formula is C6H10O2S. The van der Waals surface area contributed by atoms with Crippen molar-refractivity contribution in [2.45, 2.75) is 26.7 Å². The summed E-state index contributed by atoms with van der Waals surface area (Å²) in [7, 11) is -2.13. The van der Waals surface area contributed by atoms with Crippen molar-refractivity contribution in [2.75, 3.05) is 0 Å². The SMILES string of the molecule is CCCC(C)=C=S(=O)=O. The summed E-state index contributed by atoms with van der Waals surface area (Å²) in [5.41, 5.74) is 0.797. The largest absolute Gasteiger partial charge is 0.260 e. The zero-order valence-electron chi connectivity index (χ0n) is 5.64. The van der Waals surface area contributed by atoms with E-state index < -0.39 is 10.3 Å². The fourth-order valence-corrected chi connectivity index (χ4v) is 0.955. The Bertz CT molecular complexity index is 222. The van der Waals surface area contributed by atoms with Gasteiger partial charge in [-0.15, -0.1) is 0 Å². The summed E-state index contributed by atoms with van der Waals surface area (Å²) in [6.45, 7) is 3.76. The van der Waals surface area contributed by atoms with Gasteiger partial charge in [0.15, 0.2) is 0 Å². The summed E-state index contributed by atoms with van der Waals surface area (Å²) in [5.74, 6) is 0. The van der Waals surface area contributed by atoms with Crippen LogP contribution in [-0.4, -0.2) is 13.4 Å². The van der Waals surface area contributed by atoms with Gasteiger partial charge >= 0.3 is 0 Å². The van der Waals surface area contributed by atoms with E-state index in [0.717, 1.165) is 18.4 Å². The van der Waals surface area contributed by atoms with E-state index in [-0.39, 0.29) is 0 Å². The van der Waals surface area contributed by atoms with Crippen molar-refractivity contribution in [3.8, 4) is 0 Å². The summed E-state index contributed by atoms with van der Waals surface area (Å²) >= 11 is 0. The van der Waals surface area contributed by atoms with Crippen LogP contribution in [0.5, 0.6) is 0 Å². The third-order valence-corrected chi connectivity index (χ3v) is 1.40. The Morgan fingerprint density at radius 2 is 2.11 bits per heavy atom. The molecule has 0 atom stereocenters. The second kappa shape index (κ2) is 4.36. The summed E-state index contributed by atoms with van der Waals surface area (Å²) in [6, 6.07) is 0. The van der Waals surface area contributed by atoms with E-state index in [0.29, 0.717) is 0 Å². The molecular weight excluding hydrogens is 136 g/mol. The molecule has 0 aliphatic heterocycles. The highest BCUT2D eigenvalue weighted by molar-refractivity contribution is 7.70. The van der Waals surface area contributed by atoms with Crippen LogP contribution in [0.4, 0.5) is 0 Å². The van der Waals surface area contributed by atoms with Gasteiger partial charge in [0.25, 0.3) is 10.3 Å². The van der Waals surface area contributed by atoms with E-state index in [1.54, 1.807) is 6.92 Å². The number of rotatable bonds is 2. The lowest BCUT2D eigenvalue weighted by Crippen LogP contribution is -1.75. The van der Waals surface area contributed by atoms with Crippen molar-refractivity contribution in [3.05, 3.63) is 5.57 Å². The van der Waals surface area contributed by atoms with Crippen LogP contribution in [-0.2, 0) is 10.3 Å². The van der Waals surface area contributed by atoms with Gasteiger partial charge in [-0.1, -0.05) is 13.3 Å². The Morgan fingerprint density at radius 3 is 2.44 bits per heavy atom. The fraction of sp³-hybridized carbons (Fsp3) is 0.667. The lowest BCUT2D eigenvalue weighted by molar-refractivity contribution is 0.627. The number of hydrogen-bond donors (Lipinski definition) is 0. The number of hydrogen-bond acceptors (Lipinski definition) is 2. The molecule has 0 spiro atoms. The molecule has 0 aliphatic rings. The summed E-state index contributed by atoms with van der Waals surface area (Å²) < 4.78 is 19.9. The Hall–Kier alpha value is -0.530. The van der Waals surface area contributed by atoms with Crippen molar-refractivity contribution < 1.29 is 8.42 Å². The second-order valence-corrected chi connectivity index (χ2v) is 2.54. The molecule has 0 aromatic rings. The highest BCUT2D eigenvalue weighted by Crippen LogP contribution is 1.96. The van der Waals surface area contributed by atoms with Crippen molar-refractivity contribution >= 4 is 15.3 Å². The van der Waals surface area contributed by atoms with Crippen molar-refractivity contribution in [1.29, 1.82) is 0 Å². The molecule has 0 saturated carbocycles. The molecule has 0 saturated heterocycles. The normalized spacial score (nSPS) is 8.22. The first-order valence-corrected chi connectivity index (χ1v) is 3.92. The van der Waals surface area contributed by atoms with Gasteiger partial charge in [0.1, 0.15) is 0 Å². The minimum absolute atomic E-state index is 0.797. The van der Waals surface area contributed by atoms with Gasteiger partial charge in [-0.25, -0.2) is 0 Å². The molecule has 3 heteroatoms. The predicted octanol–water partition coefficient (Wildman–Crippen LogP) is 1.01. The molecule has 0 rings (SSSR count). The van der Waals surface area contributed by atoms with Crippen molar-refractivity contribution in [2.24, 2.45) is 0 Å². The van der Waals surface area contributed by atoms with Gasteiger partial charge in [0, 0.05) is 5.02 Å². The molecule has 0 heterocycles. The Morgan fingerprint density at radius 1 is 1.56 bits per heavy atom. The average molecular weight is 146 g/mol. The molecule has 0 aliphatic carbocycles. The van der Waals surface area contributed by atoms with Crippen LogP contribution in [0.3, 0.4) is 0 Å². The first-order chi connectivity index (χ1) is 4.16. The minimum atomic E-state index is -2.13.